The van der Waals surface area contributed by atoms with Crippen molar-refractivity contribution < 1.29 is 14.7 Å². The number of para-hydroxylation sites is 1. The van der Waals surface area contributed by atoms with Gasteiger partial charge in [0.05, 0.1) is 18.7 Å². The topological polar surface area (TPSA) is 72.9 Å². The van der Waals surface area contributed by atoms with E-state index in [4.69, 9.17) is 0 Å². The molecule has 0 spiro atoms. The predicted molar refractivity (Wildman–Crippen MR) is 120 cm³/mol. The molecule has 2 fully saturated rings. The van der Waals surface area contributed by atoms with E-state index >= 15 is 0 Å². The Morgan fingerprint density at radius 2 is 1.90 bits per heavy atom. The third-order valence-electron chi connectivity index (χ3n) is 5.97. The minimum atomic E-state index is -0.285. The van der Waals surface area contributed by atoms with Gasteiger partial charge in [-0.2, -0.15) is 0 Å². The molecule has 0 radical (unpaired) electrons. The minimum Gasteiger partial charge on any atom is -0.394 e. The first-order chi connectivity index (χ1) is 15.1. The van der Waals surface area contributed by atoms with Crippen molar-refractivity contribution in [3.63, 3.8) is 0 Å². The van der Waals surface area contributed by atoms with Gasteiger partial charge in [0.25, 0.3) is 0 Å². The largest absolute Gasteiger partial charge is 0.394 e. The number of nitrogens with zero attached hydrogens (tertiary/aromatic N) is 2. The van der Waals surface area contributed by atoms with Crippen LogP contribution in [-0.4, -0.2) is 58.6 Å². The first kappa shape index (κ1) is 21.0. The Hall–Kier alpha value is -3.30. The molecular formula is C25H27N3O3. The first-order valence-corrected chi connectivity index (χ1v) is 10.7. The van der Waals surface area contributed by atoms with Gasteiger partial charge in [-0.1, -0.05) is 49.1 Å². The molecule has 31 heavy (non-hydrogen) atoms. The number of rotatable bonds is 4. The maximum absolute atomic E-state index is 12.7. The molecule has 0 unspecified atom stereocenters. The number of hydrogen-bond donors (Lipinski definition) is 2. The van der Waals surface area contributed by atoms with E-state index in [0.29, 0.717) is 12.2 Å². The summed E-state index contributed by atoms with van der Waals surface area (Å²) in [5.74, 6) is 6.16. The lowest BCUT2D eigenvalue weighted by molar-refractivity contribution is -0.159. The van der Waals surface area contributed by atoms with E-state index in [1.54, 1.807) is 9.80 Å². The van der Waals surface area contributed by atoms with Crippen LogP contribution < -0.4 is 5.32 Å². The summed E-state index contributed by atoms with van der Waals surface area (Å²) in [6, 6.07) is 16.5. The molecule has 2 N–H and O–H groups in total. The zero-order valence-electron chi connectivity index (χ0n) is 17.6. The molecule has 2 saturated heterocycles. The summed E-state index contributed by atoms with van der Waals surface area (Å²) >= 11 is 0. The smallest absolute Gasteiger partial charge is 0.322 e. The average Bonchev–Trinajstić information content (AvgIpc) is 2.77. The number of aliphatic hydroxyl groups is 1. The lowest BCUT2D eigenvalue weighted by Gasteiger charge is -2.58. The number of hydrogen-bond acceptors (Lipinski definition) is 3. The van der Waals surface area contributed by atoms with Gasteiger partial charge in [-0.15, -0.1) is 0 Å². The zero-order chi connectivity index (χ0) is 21.8. The summed E-state index contributed by atoms with van der Waals surface area (Å²) in [6.45, 7) is 2.46. The summed E-state index contributed by atoms with van der Waals surface area (Å²) in [7, 11) is 0. The maximum atomic E-state index is 12.7. The summed E-state index contributed by atoms with van der Waals surface area (Å²) in [6.07, 6.45) is 1.90. The van der Waals surface area contributed by atoms with E-state index in [0.717, 1.165) is 24.0 Å². The number of benzene rings is 2. The van der Waals surface area contributed by atoms with Crippen LogP contribution in [0.3, 0.4) is 0 Å². The summed E-state index contributed by atoms with van der Waals surface area (Å²) in [5, 5.41) is 12.8. The lowest BCUT2D eigenvalue weighted by Crippen LogP contribution is -2.73. The molecule has 0 saturated carbocycles. The summed E-state index contributed by atoms with van der Waals surface area (Å²) in [4.78, 5) is 28.8. The van der Waals surface area contributed by atoms with Crippen molar-refractivity contribution in [1.29, 1.82) is 0 Å². The lowest BCUT2D eigenvalue weighted by atomic mass is 9.73. The van der Waals surface area contributed by atoms with E-state index in [2.05, 4.69) is 24.1 Å². The number of aliphatic hydroxyl groups excluding tert-OH is 1. The molecule has 2 aliphatic heterocycles. The molecule has 0 aromatic heterocycles. The quantitative estimate of drug-likeness (QED) is 0.751. The van der Waals surface area contributed by atoms with Gasteiger partial charge in [0.1, 0.15) is 6.54 Å². The van der Waals surface area contributed by atoms with E-state index in [1.807, 2.05) is 54.6 Å². The second kappa shape index (κ2) is 9.23. The number of amides is 3. The molecule has 2 aliphatic rings. The van der Waals surface area contributed by atoms with Gasteiger partial charge in [-0.25, -0.2) is 4.79 Å². The molecule has 3 amide bonds. The van der Waals surface area contributed by atoms with Crippen molar-refractivity contribution in [2.24, 2.45) is 0 Å². The van der Waals surface area contributed by atoms with Crippen LogP contribution >= 0.6 is 0 Å². The normalized spacial score (nSPS) is 22.1. The number of unbranched alkanes of at least 4 members (excludes halogenated alkanes) is 1. The Bertz CT molecular complexity index is 994. The van der Waals surface area contributed by atoms with E-state index in [1.165, 1.54) is 0 Å². The third kappa shape index (κ3) is 4.28. The van der Waals surface area contributed by atoms with Crippen molar-refractivity contribution >= 4 is 17.6 Å². The van der Waals surface area contributed by atoms with E-state index in [9.17, 15) is 14.7 Å². The van der Waals surface area contributed by atoms with Gasteiger partial charge in [0.2, 0.25) is 5.91 Å². The second-order valence-electron chi connectivity index (χ2n) is 7.99. The molecule has 6 heteroatoms. The number of fused-ring (bicyclic) bond motifs is 1. The average molecular weight is 418 g/mol. The van der Waals surface area contributed by atoms with Gasteiger partial charge < -0.3 is 20.2 Å². The fourth-order valence-corrected chi connectivity index (χ4v) is 4.46. The van der Waals surface area contributed by atoms with Crippen LogP contribution in [0.15, 0.2) is 54.6 Å². The highest BCUT2D eigenvalue weighted by Gasteiger charge is 2.54. The fourth-order valence-electron chi connectivity index (χ4n) is 4.46. The van der Waals surface area contributed by atoms with Gasteiger partial charge in [0.15, 0.2) is 0 Å². The Balaban J connectivity index is 1.49. The summed E-state index contributed by atoms with van der Waals surface area (Å²) < 4.78 is 0. The van der Waals surface area contributed by atoms with Crippen LogP contribution in [0.2, 0.25) is 0 Å². The first-order valence-electron chi connectivity index (χ1n) is 10.7. The van der Waals surface area contributed by atoms with Crippen LogP contribution in [0.5, 0.6) is 0 Å². The number of carbonyl (C=O) groups is 2. The van der Waals surface area contributed by atoms with E-state index < -0.39 is 0 Å². The molecule has 2 heterocycles. The molecule has 6 nitrogen and oxygen atoms in total. The molecule has 2 aromatic carbocycles. The molecule has 2 aromatic rings. The molecule has 160 valence electrons. The Kier molecular flexibility index (Phi) is 6.24. The fraction of sp³-hybridized carbons (Fsp3) is 0.360. The van der Waals surface area contributed by atoms with Crippen LogP contribution in [0.1, 0.15) is 36.8 Å². The molecule has 3 atom stereocenters. The zero-order valence-corrected chi connectivity index (χ0v) is 17.6. The second-order valence-corrected chi connectivity index (χ2v) is 7.99. The van der Waals surface area contributed by atoms with Gasteiger partial charge in [-0.3, -0.25) is 4.79 Å². The number of anilines is 1. The van der Waals surface area contributed by atoms with Crippen molar-refractivity contribution in [1.82, 2.24) is 9.80 Å². The van der Waals surface area contributed by atoms with Crippen molar-refractivity contribution in [2.75, 3.05) is 25.0 Å². The number of carbonyl (C=O) groups excluding carboxylic acids is 2. The number of nitrogens with one attached hydrogen (secondary N) is 1. The van der Waals surface area contributed by atoms with Crippen molar-refractivity contribution in [2.45, 2.75) is 37.8 Å². The van der Waals surface area contributed by atoms with Crippen molar-refractivity contribution in [3.8, 4) is 11.8 Å². The molecule has 4 rings (SSSR count). The van der Waals surface area contributed by atoms with Crippen LogP contribution in [-0.2, 0) is 4.79 Å². The van der Waals surface area contributed by atoms with Gasteiger partial charge in [0, 0.05) is 30.1 Å². The van der Waals surface area contributed by atoms with E-state index in [-0.39, 0.29) is 43.1 Å². The monoisotopic (exact) mass is 417 g/mol. The Labute approximate surface area is 182 Å². The van der Waals surface area contributed by atoms with Crippen LogP contribution in [0.4, 0.5) is 10.5 Å². The Morgan fingerprint density at radius 3 is 2.58 bits per heavy atom. The number of piperazine rings is 1. The highest BCUT2D eigenvalue weighted by atomic mass is 16.3. The standard InChI is InChI=1S/C25H27N3O3/c1-2-3-5-8-18-11-13-19(14-12-18)24-21-15-27(16-23(30)28(21)22(24)17-29)25(31)26-20-9-6-4-7-10-20/h4,6-7,9-14,21-22,24,29H,2-3,15-17H2,1H3,(H,26,31)/t21-,22+,24-/m0/s1. The van der Waals surface area contributed by atoms with Gasteiger partial charge >= 0.3 is 6.03 Å². The molecular weight excluding hydrogens is 390 g/mol. The van der Waals surface area contributed by atoms with Crippen LogP contribution in [0.25, 0.3) is 0 Å². The van der Waals surface area contributed by atoms with Crippen molar-refractivity contribution in [3.05, 3.63) is 65.7 Å². The third-order valence-corrected chi connectivity index (χ3v) is 5.97. The summed E-state index contributed by atoms with van der Waals surface area (Å²) in [5.41, 5.74) is 2.71. The highest BCUT2D eigenvalue weighted by molar-refractivity contribution is 5.93. The minimum absolute atomic E-state index is 0.0149. The maximum Gasteiger partial charge on any atom is 0.322 e. The number of urea groups is 1. The van der Waals surface area contributed by atoms with Gasteiger partial charge in [-0.05, 0) is 36.2 Å². The van der Waals surface area contributed by atoms with Crippen LogP contribution in [0, 0.1) is 11.8 Å². The molecule has 0 bridgehead atoms. The molecule has 0 aliphatic carbocycles. The predicted octanol–water partition coefficient (Wildman–Crippen LogP) is 3.04. The SMILES string of the molecule is CCCC#Cc1ccc([C@@H]2[C@@H](CO)N3C(=O)CN(C(=O)Nc4ccccc4)C[C@@H]23)cc1. The Morgan fingerprint density at radius 1 is 1.16 bits per heavy atom. The highest BCUT2D eigenvalue weighted by Crippen LogP contribution is 2.42.